The molecule has 1 aromatic carbocycles. The van der Waals surface area contributed by atoms with Crippen molar-refractivity contribution in [2.45, 2.75) is 6.42 Å². The third-order valence-corrected chi connectivity index (χ3v) is 2.59. The fraction of sp³-hybridized carbons (Fsp3) is 0.0769. The van der Waals surface area contributed by atoms with Crippen LogP contribution in [-0.4, -0.2) is 15.9 Å². The number of benzene rings is 1. The topological polar surface area (TPSA) is 45.5 Å². The van der Waals surface area contributed by atoms with Gasteiger partial charge in [0.15, 0.2) is 0 Å². The maximum atomic E-state index is 9.04. The Bertz CT molecular complexity index is 526. The summed E-state index contributed by atoms with van der Waals surface area (Å²) in [6.45, 7) is 0. The van der Waals surface area contributed by atoms with E-state index in [0.717, 1.165) is 5.56 Å². The summed E-state index contributed by atoms with van der Waals surface area (Å²) < 4.78 is 0. The molecule has 0 aliphatic carbocycles. The van der Waals surface area contributed by atoms with Crippen molar-refractivity contribution >= 4 is 17.3 Å². The van der Waals surface area contributed by atoms with Crippen LogP contribution in [0.4, 0.5) is 0 Å². The Hall–Kier alpha value is -1.87. The summed E-state index contributed by atoms with van der Waals surface area (Å²) in [6.07, 6.45) is 2.11. The van der Waals surface area contributed by atoms with Crippen LogP contribution < -0.4 is 0 Å². The molecule has 1 heterocycles. The van der Waals surface area contributed by atoms with Gasteiger partial charge in [0.2, 0.25) is 0 Å². The van der Waals surface area contributed by atoms with Crippen molar-refractivity contribution in [3.8, 4) is 0 Å². The summed E-state index contributed by atoms with van der Waals surface area (Å²) in [5, 5.41) is 12.9. The van der Waals surface area contributed by atoms with Crippen molar-refractivity contribution in [2.24, 2.45) is 5.16 Å². The molecule has 0 spiro atoms. The maximum absolute atomic E-state index is 9.04. The number of oxime groups is 1. The zero-order chi connectivity index (χ0) is 12.1. The summed E-state index contributed by atoms with van der Waals surface area (Å²) in [5.74, 6) is 0. The van der Waals surface area contributed by atoms with E-state index in [9.17, 15) is 0 Å². The molecule has 0 unspecified atom stereocenters. The number of hydrogen-bond acceptors (Lipinski definition) is 3. The zero-order valence-corrected chi connectivity index (χ0v) is 9.80. The van der Waals surface area contributed by atoms with Crippen LogP contribution in [0.3, 0.4) is 0 Å². The Morgan fingerprint density at radius 1 is 1.24 bits per heavy atom. The molecule has 0 fully saturated rings. The van der Waals surface area contributed by atoms with Crippen LogP contribution >= 0.6 is 11.6 Å². The van der Waals surface area contributed by atoms with Crippen molar-refractivity contribution in [2.75, 3.05) is 0 Å². The summed E-state index contributed by atoms with van der Waals surface area (Å²) in [5.41, 5.74) is 2.14. The van der Waals surface area contributed by atoms with Gasteiger partial charge in [-0.3, -0.25) is 4.98 Å². The normalized spacial score (nSPS) is 11.5. The monoisotopic (exact) mass is 246 g/mol. The molecule has 17 heavy (non-hydrogen) atoms. The second-order valence-electron chi connectivity index (χ2n) is 3.57. The van der Waals surface area contributed by atoms with Crippen molar-refractivity contribution in [1.82, 2.24) is 4.98 Å². The number of aromatic nitrogens is 1. The Balaban J connectivity index is 2.24. The molecular weight excluding hydrogens is 236 g/mol. The highest BCUT2D eigenvalue weighted by atomic mass is 35.5. The number of halogens is 1. The molecule has 0 atom stereocenters. The molecule has 4 heteroatoms. The van der Waals surface area contributed by atoms with Gasteiger partial charge in [0, 0.05) is 17.6 Å². The van der Waals surface area contributed by atoms with E-state index in [2.05, 4.69) is 10.1 Å². The smallest absolute Gasteiger partial charge is 0.110 e. The summed E-state index contributed by atoms with van der Waals surface area (Å²) in [6, 6.07) is 13.1. The SMILES string of the molecule is O/N=C(/Cc1ccccc1)c1cc(Cl)ccn1. The fourth-order valence-corrected chi connectivity index (χ4v) is 1.69. The number of hydrogen-bond donors (Lipinski definition) is 1. The zero-order valence-electron chi connectivity index (χ0n) is 9.05. The minimum atomic E-state index is 0.499. The highest BCUT2D eigenvalue weighted by Gasteiger charge is 2.07. The molecule has 0 bridgehead atoms. The molecule has 1 aromatic heterocycles. The Kier molecular flexibility index (Phi) is 3.73. The van der Waals surface area contributed by atoms with Crippen molar-refractivity contribution < 1.29 is 5.21 Å². The summed E-state index contributed by atoms with van der Waals surface area (Å²) >= 11 is 5.87. The average molecular weight is 247 g/mol. The first-order valence-corrected chi connectivity index (χ1v) is 5.54. The number of nitrogens with zero attached hydrogens (tertiary/aromatic N) is 2. The molecule has 0 saturated heterocycles. The molecular formula is C13H11ClN2O. The largest absolute Gasteiger partial charge is 0.411 e. The molecule has 0 amide bonds. The molecule has 0 aliphatic rings. The van der Waals surface area contributed by atoms with E-state index in [1.807, 2.05) is 30.3 Å². The van der Waals surface area contributed by atoms with Gasteiger partial charge < -0.3 is 5.21 Å². The van der Waals surface area contributed by atoms with Crippen molar-refractivity contribution in [3.05, 3.63) is 64.9 Å². The van der Waals surface area contributed by atoms with Gasteiger partial charge in [-0.05, 0) is 17.7 Å². The molecule has 2 aromatic rings. The van der Waals surface area contributed by atoms with E-state index in [0.29, 0.717) is 22.8 Å². The Labute approximate surface area is 104 Å². The van der Waals surface area contributed by atoms with Crippen molar-refractivity contribution in [1.29, 1.82) is 0 Å². The molecule has 0 radical (unpaired) electrons. The van der Waals surface area contributed by atoms with Gasteiger partial charge in [0.05, 0.1) is 5.69 Å². The van der Waals surface area contributed by atoms with E-state index < -0.39 is 0 Å². The molecule has 86 valence electrons. The maximum Gasteiger partial charge on any atom is 0.110 e. The number of pyridine rings is 1. The van der Waals surface area contributed by atoms with Gasteiger partial charge in [-0.1, -0.05) is 47.1 Å². The van der Waals surface area contributed by atoms with Crippen molar-refractivity contribution in [3.63, 3.8) is 0 Å². The van der Waals surface area contributed by atoms with E-state index in [4.69, 9.17) is 16.8 Å². The van der Waals surface area contributed by atoms with Crippen LogP contribution in [-0.2, 0) is 6.42 Å². The lowest BCUT2D eigenvalue weighted by molar-refractivity contribution is 0.318. The minimum absolute atomic E-state index is 0.499. The first-order chi connectivity index (χ1) is 8.29. The third kappa shape index (κ3) is 3.04. The minimum Gasteiger partial charge on any atom is -0.411 e. The Morgan fingerprint density at radius 3 is 2.65 bits per heavy atom. The lowest BCUT2D eigenvalue weighted by Gasteiger charge is -2.04. The lowest BCUT2D eigenvalue weighted by atomic mass is 10.1. The van der Waals surface area contributed by atoms with E-state index in [-0.39, 0.29) is 0 Å². The van der Waals surface area contributed by atoms with Gasteiger partial charge >= 0.3 is 0 Å². The fourth-order valence-electron chi connectivity index (χ4n) is 1.53. The predicted octanol–water partition coefficient (Wildman–Crippen LogP) is 3.16. The first kappa shape index (κ1) is 11.6. The molecule has 2 rings (SSSR count). The van der Waals surface area contributed by atoms with E-state index in [1.165, 1.54) is 0 Å². The lowest BCUT2D eigenvalue weighted by Crippen LogP contribution is -2.07. The van der Waals surface area contributed by atoms with Crippen LogP contribution in [0.5, 0.6) is 0 Å². The van der Waals surface area contributed by atoms with Crippen LogP contribution in [0.1, 0.15) is 11.3 Å². The van der Waals surface area contributed by atoms with Crippen LogP contribution in [0.25, 0.3) is 0 Å². The standard InChI is InChI=1S/C13H11ClN2O/c14-11-6-7-15-12(9-11)13(16-17)8-10-4-2-1-3-5-10/h1-7,9,17H,8H2/b16-13-. The number of rotatable bonds is 3. The molecule has 1 N–H and O–H groups in total. The van der Waals surface area contributed by atoms with E-state index >= 15 is 0 Å². The van der Waals surface area contributed by atoms with Gasteiger partial charge in [0.1, 0.15) is 5.71 Å². The van der Waals surface area contributed by atoms with Gasteiger partial charge in [0.25, 0.3) is 0 Å². The molecule has 3 nitrogen and oxygen atoms in total. The second kappa shape index (κ2) is 5.46. The predicted molar refractivity (Wildman–Crippen MR) is 67.7 cm³/mol. The van der Waals surface area contributed by atoms with Gasteiger partial charge in [-0.15, -0.1) is 0 Å². The van der Waals surface area contributed by atoms with Crippen LogP contribution in [0.2, 0.25) is 5.02 Å². The highest BCUT2D eigenvalue weighted by Crippen LogP contribution is 2.11. The molecule has 0 saturated carbocycles. The van der Waals surface area contributed by atoms with Crippen LogP contribution in [0.15, 0.2) is 53.8 Å². The van der Waals surface area contributed by atoms with Gasteiger partial charge in [-0.2, -0.15) is 0 Å². The quantitative estimate of drug-likeness (QED) is 0.514. The summed E-state index contributed by atoms with van der Waals surface area (Å²) in [4.78, 5) is 4.13. The summed E-state index contributed by atoms with van der Waals surface area (Å²) in [7, 11) is 0. The second-order valence-corrected chi connectivity index (χ2v) is 4.00. The first-order valence-electron chi connectivity index (χ1n) is 5.16. The molecule has 0 aliphatic heterocycles. The van der Waals surface area contributed by atoms with Crippen LogP contribution in [0, 0.1) is 0 Å². The Morgan fingerprint density at radius 2 is 2.00 bits per heavy atom. The van der Waals surface area contributed by atoms with Gasteiger partial charge in [-0.25, -0.2) is 0 Å². The average Bonchev–Trinajstić information content (AvgIpc) is 2.37. The van der Waals surface area contributed by atoms with E-state index in [1.54, 1.807) is 18.3 Å². The highest BCUT2D eigenvalue weighted by molar-refractivity contribution is 6.30. The third-order valence-electron chi connectivity index (χ3n) is 2.35.